The lowest BCUT2D eigenvalue weighted by molar-refractivity contribution is -0.130. The Kier molecular flexibility index (Phi) is 5.66. The fraction of sp³-hybridized carbons (Fsp3) is 0.423. The van der Waals surface area contributed by atoms with Gasteiger partial charge in [0.25, 0.3) is 0 Å². The second kappa shape index (κ2) is 8.63. The molecule has 4 aromatic rings. The van der Waals surface area contributed by atoms with Crippen molar-refractivity contribution in [3.05, 3.63) is 54.0 Å². The number of amides is 1. The summed E-state index contributed by atoms with van der Waals surface area (Å²) in [6, 6.07) is 8.79. The van der Waals surface area contributed by atoms with Gasteiger partial charge in [-0.15, -0.1) is 0 Å². The van der Waals surface area contributed by atoms with Gasteiger partial charge in [0.1, 0.15) is 0 Å². The second-order valence-corrected chi connectivity index (χ2v) is 9.69. The summed E-state index contributed by atoms with van der Waals surface area (Å²) >= 11 is 0. The van der Waals surface area contributed by atoms with Crippen LogP contribution in [0.25, 0.3) is 27.8 Å². The minimum absolute atomic E-state index is 0.180. The molecular formula is C26H32N6O. The molecule has 0 bridgehead atoms. The van der Waals surface area contributed by atoms with E-state index in [4.69, 9.17) is 0 Å². The van der Waals surface area contributed by atoms with Crippen LogP contribution in [0.4, 0.5) is 0 Å². The number of rotatable bonds is 5. The zero-order chi connectivity index (χ0) is 23.1. The first-order valence-corrected chi connectivity index (χ1v) is 11.8. The Morgan fingerprint density at radius 2 is 2.00 bits per heavy atom. The van der Waals surface area contributed by atoms with Crippen LogP contribution in [-0.4, -0.2) is 69.0 Å². The molecule has 1 fully saturated rings. The molecule has 0 unspecified atom stereocenters. The van der Waals surface area contributed by atoms with Crippen molar-refractivity contribution >= 4 is 22.5 Å². The van der Waals surface area contributed by atoms with Crippen molar-refractivity contribution in [1.29, 1.82) is 0 Å². The van der Waals surface area contributed by atoms with Crippen LogP contribution in [0.2, 0.25) is 0 Å². The highest BCUT2D eigenvalue weighted by molar-refractivity contribution is 5.92. The van der Waals surface area contributed by atoms with Crippen LogP contribution in [0.3, 0.4) is 0 Å². The van der Waals surface area contributed by atoms with Crippen LogP contribution in [0.1, 0.15) is 49.7 Å². The van der Waals surface area contributed by atoms with E-state index in [0.717, 1.165) is 48.4 Å². The molecule has 1 aromatic carbocycles. The first-order chi connectivity index (χ1) is 15.9. The van der Waals surface area contributed by atoms with Crippen LogP contribution in [-0.2, 0) is 4.79 Å². The van der Waals surface area contributed by atoms with Gasteiger partial charge in [0.15, 0.2) is 5.65 Å². The molecule has 4 heterocycles. The molecule has 1 aliphatic rings. The smallest absolute Gasteiger partial charge is 0.236 e. The van der Waals surface area contributed by atoms with Gasteiger partial charge in [-0.3, -0.25) is 9.69 Å². The summed E-state index contributed by atoms with van der Waals surface area (Å²) in [7, 11) is 3.65. The first kappa shape index (κ1) is 21.6. The molecule has 1 aliphatic heterocycles. The predicted octanol–water partition coefficient (Wildman–Crippen LogP) is 4.27. The Morgan fingerprint density at radius 3 is 2.73 bits per heavy atom. The van der Waals surface area contributed by atoms with Gasteiger partial charge in [-0.25, -0.2) is 9.50 Å². The summed E-state index contributed by atoms with van der Waals surface area (Å²) in [5.74, 6) is 1.08. The van der Waals surface area contributed by atoms with Crippen LogP contribution < -0.4 is 0 Å². The fourth-order valence-electron chi connectivity index (χ4n) is 5.01. The number of aromatic amines is 1. The molecule has 7 heteroatoms. The van der Waals surface area contributed by atoms with E-state index in [2.05, 4.69) is 52.0 Å². The Labute approximate surface area is 194 Å². The van der Waals surface area contributed by atoms with Gasteiger partial charge in [0.2, 0.25) is 5.91 Å². The van der Waals surface area contributed by atoms with Crippen molar-refractivity contribution in [2.75, 3.05) is 33.7 Å². The zero-order valence-corrected chi connectivity index (χ0v) is 19.9. The Balaban J connectivity index is 1.43. The second-order valence-electron chi connectivity index (χ2n) is 9.69. The van der Waals surface area contributed by atoms with Crippen LogP contribution >= 0.6 is 0 Å². The van der Waals surface area contributed by atoms with E-state index in [9.17, 15) is 4.79 Å². The van der Waals surface area contributed by atoms with Gasteiger partial charge >= 0.3 is 0 Å². The molecule has 5 rings (SSSR count). The number of carbonyl (C=O) groups is 1. The molecule has 0 aliphatic carbocycles. The van der Waals surface area contributed by atoms with Gasteiger partial charge < -0.3 is 9.88 Å². The quantitative estimate of drug-likeness (QED) is 0.499. The number of hydrogen-bond acceptors (Lipinski definition) is 4. The molecule has 1 amide bonds. The van der Waals surface area contributed by atoms with Gasteiger partial charge in [0, 0.05) is 49.0 Å². The number of likely N-dealkylation sites (tertiary alicyclic amines) is 1. The van der Waals surface area contributed by atoms with E-state index in [1.54, 1.807) is 11.1 Å². The van der Waals surface area contributed by atoms with Crippen molar-refractivity contribution in [2.24, 2.45) is 0 Å². The number of benzene rings is 1. The van der Waals surface area contributed by atoms with E-state index in [1.165, 1.54) is 16.5 Å². The standard InChI is InChI=1S/C26H32N6O/c1-17(2)25-21-13-19(18-8-11-31(12-9-18)16-24(33)30(3)4)5-6-22(21)29-26(25)20-14-27-23-7-10-28-32(23)15-20/h5-7,10,13-15,17-18,29H,8-9,11-12,16H2,1-4H3. The number of piperidine rings is 1. The lowest BCUT2D eigenvalue weighted by Gasteiger charge is -2.32. The molecule has 0 saturated carbocycles. The predicted molar refractivity (Wildman–Crippen MR) is 131 cm³/mol. The highest BCUT2D eigenvalue weighted by Crippen LogP contribution is 2.38. The molecule has 33 heavy (non-hydrogen) atoms. The molecule has 1 saturated heterocycles. The minimum Gasteiger partial charge on any atom is -0.354 e. The van der Waals surface area contributed by atoms with E-state index in [-0.39, 0.29) is 5.91 Å². The number of H-pyrrole nitrogens is 1. The van der Waals surface area contributed by atoms with Gasteiger partial charge in [-0.05, 0) is 61.0 Å². The molecule has 0 atom stereocenters. The Morgan fingerprint density at radius 1 is 1.21 bits per heavy atom. The highest BCUT2D eigenvalue weighted by Gasteiger charge is 2.24. The molecule has 0 spiro atoms. The molecule has 1 N–H and O–H groups in total. The van der Waals surface area contributed by atoms with Crippen molar-refractivity contribution in [3.63, 3.8) is 0 Å². The van der Waals surface area contributed by atoms with Crippen LogP contribution in [0, 0.1) is 0 Å². The summed E-state index contributed by atoms with van der Waals surface area (Å²) in [5.41, 5.74) is 6.91. The normalized spacial score (nSPS) is 15.7. The summed E-state index contributed by atoms with van der Waals surface area (Å²) in [5, 5.41) is 5.65. The Hall–Kier alpha value is -3.19. The highest BCUT2D eigenvalue weighted by atomic mass is 16.2. The van der Waals surface area contributed by atoms with Crippen LogP contribution in [0.5, 0.6) is 0 Å². The lowest BCUT2D eigenvalue weighted by Crippen LogP contribution is -2.40. The SMILES string of the molecule is CC(C)c1c(-c2cnc3ccnn3c2)[nH]c2ccc(C3CCN(CC(=O)N(C)C)CC3)cc12. The summed E-state index contributed by atoms with van der Waals surface area (Å²) in [4.78, 5) is 24.2. The molecular weight excluding hydrogens is 412 g/mol. The molecule has 0 radical (unpaired) electrons. The number of nitrogens with one attached hydrogen (secondary N) is 1. The van der Waals surface area contributed by atoms with E-state index >= 15 is 0 Å². The summed E-state index contributed by atoms with van der Waals surface area (Å²) in [6.07, 6.45) is 7.92. The van der Waals surface area contributed by atoms with Crippen molar-refractivity contribution in [1.82, 2.24) is 29.4 Å². The number of aromatic nitrogens is 4. The first-order valence-electron chi connectivity index (χ1n) is 11.8. The van der Waals surface area contributed by atoms with E-state index in [0.29, 0.717) is 18.4 Å². The third kappa shape index (κ3) is 4.13. The van der Waals surface area contributed by atoms with Gasteiger partial charge in [-0.1, -0.05) is 19.9 Å². The van der Waals surface area contributed by atoms with E-state index in [1.807, 2.05) is 37.1 Å². The minimum atomic E-state index is 0.180. The number of likely N-dealkylation sites (N-methyl/N-ethyl adjacent to an activating group) is 1. The largest absolute Gasteiger partial charge is 0.354 e. The van der Waals surface area contributed by atoms with E-state index < -0.39 is 0 Å². The summed E-state index contributed by atoms with van der Waals surface area (Å²) in [6.45, 7) is 6.95. The maximum atomic E-state index is 12.1. The average molecular weight is 445 g/mol. The average Bonchev–Trinajstić information content (AvgIpc) is 3.43. The third-order valence-electron chi connectivity index (χ3n) is 6.89. The number of carbonyl (C=O) groups excluding carboxylic acids is 1. The number of hydrogen-bond donors (Lipinski definition) is 1. The lowest BCUT2D eigenvalue weighted by atomic mass is 9.87. The molecule has 3 aromatic heterocycles. The number of fused-ring (bicyclic) bond motifs is 2. The third-order valence-corrected chi connectivity index (χ3v) is 6.89. The zero-order valence-electron chi connectivity index (χ0n) is 19.9. The monoisotopic (exact) mass is 444 g/mol. The Bertz CT molecular complexity index is 1290. The van der Waals surface area contributed by atoms with Gasteiger partial charge in [-0.2, -0.15) is 5.10 Å². The maximum Gasteiger partial charge on any atom is 0.236 e. The van der Waals surface area contributed by atoms with Gasteiger partial charge in [0.05, 0.1) is 18.4 Å². The maximum absolute atomic E-state index is 12.1. The van der Waals surface area contributed by atoms with Crippen molar-refractivity contribution in [2.45, 2.75) is 38.5 Å². The summed E-state index contributed by atoms with van der Waals surface area (Å²) < 4.78 is 1.82. The molecule has 7 nitrogen and oxygen atoms in total. The van der Waals surface area contributed by atoms with Crippen molar-refractivity contribution < 1.29 is 4.79 Å². The van der Waals surface area contributed by atoms with Crippen molar-refractivity contribution in [3.8, 4) is 11.3 Å². The topological polar surface area (TPSA) is 69.5 Å². The van der Waals surface area contributed by atoms with Crippen LogP contribution in [0.15, 0.2) is 42.9 Å². The fourth-order valence-corrected chi connectivity index (χ4v) is 5.01. The molecule has 172 valence electrons. The number of nitrogens with zero attached hydrogens (tertiary/aromatic N) is 5.